The Balaban J connectivity index is 1.47. The molecule has 1 aromatic heterocycles. The zero-order chi connectivity index (χ0) is 20.2. The second kappa shape index (κ2) is 8.66. The quantitative estimate of drug-likeness (QED) is 0.607. The van der Waals surface area contributed by atoms with Gasteiger partial charge >= 0.3 is 0 Å². The molecule has 6 heteroatoms. The van der Waals surface area contributed by atoms with Crippen molar-refractivity contribution < 1.29 is 0 Å². The van der Waals surface area contributed by atoms with Crippen LogP contribution in [0.15, 0.2) is 52.0 Å². The van der Waals surface area contributed by atoms with Crippen molar-refractivity contribution in [3.8, 4) is 0 Å². The number of aromatic nitrogens is 1. The van der Waals surface area contributed by atoms with Crippen molar-refractivity contribution in [2.24, 2.45) is 4.99 Å². The van der Waals surface area contributed by atoms with E-state index in [0.29, 0.717) is 0 Å². The minimum atomic E-state index is 0.0443. The van der Waals surface area contributed by atoms with E-state index in [4.69, 9.17) is 0 Å². The first-order valence-electron chi connectivity index (χ1n) is 10.4. The number of nitrogens with zero attached hydrogens (tertiary/aromatic N) is 3. The summed E-state index contributed by atoms with van der Waals surface area (Å²) in [7, 11) is 0. The molecule has 0 saturated carbocycles. The summed E-state index contributed by atoms with van der Waals surface area (Å²) >= 11 is 0. The Morgan fingerprint density at radius 3 is 2.86 bits per heavy atom. The normalized spacial score (nSPS) is 18.1. The van der Waals surface area contributed by atoms with Gasteiger partial charge in [-0.1, -0.05) is 24.3 Å². The Kier molecular flexibility index (Phi) is 5.81. The second-order valence-corrected chi connectivity index (χ2v) is 7.69. The lowest BCUT2D eigenvalue weighted by Crippen LogP contribution is -2.45. The number of piperazine rings is 1. The molecule has 0 unspecified atom stereocenters. The Morgan fingerprint density at radius 2 is 2.10 bits per heavy atom. The number of benzene rings is 1. The highest BCUT2D eigenvalue weighted by Gasteiger charge is 2.19. The molecule has 152 valence electrons. The summed E-state index contributed by atoms with van der Waals surface area (Å²) in [5.41, 5.74) is 4.11. The minimum absolute atomic E-state index is 0.0443. The van der Waals surface area contributed by atoms with Gasteiger partial charge in [0.15, 0.2) is 0 Å². The van der Waals surface area contributed by atoms with Crippen LogP contribution in [0.1, 0.15) is 24.5 Å². The lowest BCUT2D eigenvalue weighted by molar-refractivity contribution is 0.152. The largest absolute Gasteiger partial charge is 0.384 e. The van der Waals surface area contributed by atoms with Crippen LogP contribution in [0.2, 0.25) is 0 Å². The van der Waals surface area contributed by atoms with Crippen molar-refractivity contribution in [1.29, 1.82) is 0 Å². The molecule has 4 rings (SSSR count). The summed E-state index contributed by atoms with van der Waals surface area (Å²) in [6.07, 6.45) is 7.87. The summed E-state index contributed by atoms with van der Waals surface area (Å²) in [6.45, 7) is 11.3. The third-order valence-electron chi connectivity index (χ3n) is 5.78. The van der Waals surface area contributed by atoms with Gasteiger partial charge in [-0.3, -0.25) is 9.69 Å². The number of aromatic amines is 1. The monoisotopic (exact) mass is 391 g/mol. The van der Waals surface area contributed by atoms with Crippen LogP contribution in [0.5, 0.6) is 0 Å². The van der Waals surface area contributed by atoms with Crippen molar-refractivity contribution in [3.05, 3.63) is 63.7 Å². The number of hydrogen-bond acceptors (Lipinski definition) is 5. The molecule has 0 atom stereocenters. The van der Waals surface area contributed by atoms with E-state index in [1.165, 1.54) is 5.56 Å². The molecule has 1 aromatic carbocycles. The van der Waals surface area contributed by atoms with Crippen LogP contribution in [0.25, 0.3) is 10.9 Å². The first kappa shape index (κ1) is 19.5. The van der Waals surface area contributed by atoms with E-state index in [9.17, 15) is 4.79 Å². The van der Waals surface area contributed by atoms with E-state index >= 15 is 0 Å². The molecule has 2 aromatic rings. The molecule has 0 spiro atoms. The van der Waals surface area contributed by atoms with Gasteiger partial charge in [0.1, 0.15) is 5.82 Å². The van der Waals surface area contributed by atoms with Gasteiger partial charge in [0.25, 0.3) is 5.56 Å². The first-order valence-corrected chi connectivity index (χ1v) is 10.4. The fourth-order valence-electron chi connectivity index (χ4n) is 4.24. The van der Waals surface area contributed by atoms with Crippen molar-refractivity contribution in [3.63, 3.8) is 0 Å². The molecule has 6 nitrogen and oxygen atoms in total. The molecule has 0 radical (unpaired) electrons. The van der Waals surface area contributed by atoms with Crippen molar-refractivity contribution >= 4 is 23.3 Å². The molecule has 0 bridgehead atoms. The van der Waals surface area contributed by atoms with Crippen molar-refractivity contribution in [1.82, 2.24) is 14.8 Å². The molecule has 3 heterocycles. The number of nitrogens with one attached hydrogen (secondary N) is 2. The van der Waals surface area contributed by atoms with Gasteiger partial charge in [-0.25, -0.2) is 4.99 Å². The number of fused-ring (bicyclic) bond motifs is 3. The molecule has 2 aliphatic rings. The number of rotatable bonds is 5. The third kappa shape index (κ3) is 4.12. The van der Waals surface area contributed by atoms with Crippen molar-refractivity contribution in [2.45, 2.75) is 26.3 Å². The van der Waals surface area contributed by atoms with Gasteiger partial charge in [-0.15, -0.1) is 0 Å². The van der Waals surface area contributed by atoms with Crippen LogP contribution < -0.4 is 10.9 Å². The van der Waals surface area contributed by atoms with E-state index in [-0.39, 0.29) is 5.56 Å². The topological polar surface area (TPSA) is 63.7 Å². The van der Waals surface area contributed by atoms with Gasteiger partial charge in [0.2, 0.25) is 0 Å². The van der Waals surface area contributed by atoms with Crippen LogP contribution in [0, 0.1) is 0 Å². The van der Waals surface area contributed by atoms with Crippen LogP contribution in [0.3, 0.4) is 0 Å². The average molecular weight is 392 g/mol. The number of pyridine rings is 1. The fourth-order valence-corrected chi connectivity index (χ4v) is 4.24. The van der Waals surface area contributed by atoms with Crippen LogP contribution >= 0.6 is 0 Å². The predicted molar refractivity (Wildman–Crippen MR) is 121 cm³/mol. The number of allylic oxidation sites excluding steroid dienone is 3. The van der Waals surface area contributed by atoms with Gasteiger partial charge in [0, 0.05) is 50.2 Å². The van der Waals surface area contributed by atoms with E-state index in [1.807, 2.05) is 25.2 Å². The van der Waals surface area contributed by atoms with E-state index in [0.717, 1.165) is 80.1 Å². The van der Waals surface area contributed by atoms with E-state index < -0.39 is 0 Å². The molecule has 0 amide bonds. The highest BCUT2D eigenvalue weighted by Crippen LogP contribution is 2.28. The zero-order valence-corrected chi connectivity index (χ0v) is 17.1. The second-order valence-electron chi connectivity index (χ2n) is 7.69. The Morgan fingerprint density at radius 1 is 1.28 bits per heavy atom. The third-order valence-corrected chi connectivity index (χ3v) is 5.78. The Hall–Kier alpha value is -2.86. The maximum absolute atomic E-state index is 12.4. The van der Waals surface area contributed by atoms with Gasteiger partial charge in [-0.2, -0.15) is 0 Å². The first-order chi connectivity index (χ1) is 14.2. The Bertz CT molecular complexity index is 1010. The summed E-state index contributed by atoms with van der Waals surface area (Å²) in [4.78, 5) is 24.4. The smallest absolute Gasteiger partial charge is 0.253 e. The number of anilines is 1. The van der Waals surface area contributed by atoms with Gasteiger partial charge in [0.05, 0.1) is 11.2 Å². The van der Waals surface area contributed by atoms with Gasteiger partial charge in [-0.05, 0) is 44.2 Å². The number of H-pyrrole nitrogens is 1. The maximum Gasteiger partial charge on any atom is 0.253 e. The van der Waals surface area contributed by atoms with Crippen molar-refractivity contribution in [2.75, 3.05) is 38.0 Å². The predicted octanol–water partition coefficient (Wildman–Crippen LogP) is 3.12. The average Bonchev–Trinajstić information content (AvgIpc) is 2.75. The van der Waals surface area contributed by atoms with E-state index in [2.05, 4.69) is 50.0 Å². The summed E-state index contributed by atoms with van der Waals surface area (Å²) in [6, 6.07) is 6.46. The lowest BCUT2D eigenvalue weighted by atomic mass is 10.0. The maximum atomic E-state index is 12.4. The number of hydrogen-bond donors (Lipinski definition) is 2. The molecule has 1 saturated heterocycles. The van der Waals surface area contributed by atoms with Crippen LogP contribution in [0.4, 0.5) is 5.69 Å². The summed E-state index contributed by atoms with van der Waals surface area (Å²) < 4.78 is 0. The molecule has 2 N–H and O–H groups in total. The standard InChI is InChI=1S/C23H29N5O/c1-3-4-7-21(24-2)28-13-11-27(12-14-28)16-17-8-9-18-20(15-17)26-23(29)19-6-5-10-25-22(18)19/h3-4,7-9,15,25H,2,5-6,10-14,16H2,1H3,(H,26,29)/b4-3-,21-7+. The minimum Gasteiger partial charge on any atom is -0.384 e. The molecular weight excluding hydrogens is 362 g/mol. The Labute approximate surface area is 171 Å². The zero-order valence-electron chi connectivity index (χ0n) is 17.1. The van der Waals surface area contributed by atoms with Crippen LogP contribution in [-0.4, -0.2) is 54.2 Å². The highest BCUT2D eigenvalue weighted by atomic mass is 16.1. The molecule has 29 heavy (non-hydrogen) atoms. The molecular formula is C23H29N5O. The fraction of sp³-hybridized carbons (Fsp3) is 0.391. The SMILES string of the molecule is C=N/C(=C\C=C/C)N1CCN(Cc2ccc3c4c(c(=O)[nH]c3c2)CCCN4)CC1. The summed E-state index contributed by atoms with van der Waals surface area (Å²) in [5.74, 6) is 0.934. The van der Waals surface area contributed by atoms with E-state index in [1.54, 1.807) is 0 Å². The molecule has 2 aliphatic heterocycles. The van der Waals surface area contributed by atoms with Gasteiger partial charge < -0.3 is 15.2 Å². The van der Waals surface area contributed by atoms with Crippen LogP contribution in [-0.2, 0) is 13.0 Å². The number of aliphatic imine (C=N–C) groups is 1. The molecule has 1 fully saturated rings. The summed E-state index contributed by atoms with van der Waals surface area (Å²) in [5, 5.41) is 4.54. The highest BCUT2D eigenvalue weighted by molar-refractivity contribution is 5.93. The molecule has 0 aliphatic carbocycles. The lowest BCUT2D eigenvalue weighted by Gasteiger charge is -2.36.